The van der Waals surface area contributed by atoms with Crippen LogP contribution >= 0.6 is 0 Å². The SMILES string of the molecule is O=C(OC(=O)c1cc(C(=O)O)c(C(=O)O)cc1C(=O)O)c1ccc2c(c1)C(=O)OC2=O. The van der Waals surface area contributed by atoms with Crippen molar-refractivity contribution in [3.8, 4) is 0 Å². The lowest BCUT2D eigenvalue weighted by atomic mass is 9.98. The third-order valence-corrected chi connectivity index (χ3v) is 4.13. The number of hydrogen-bond donors (Lipinski definition) is 3. The van der Waals surface area contributed by atoms with Gasteiger partial charge < -0.3 is 24.8 Å². The first kappa shape index (κ1) is 20.9. The Kier molecular flexibility index (Phi) is 5.05. The van der Waals surface area contributed by atoms with E-state index in [2.05, 4.69) is 9.47 Å². The number of carbonyl (C=O) groups excluding carboxylic acids is 4. The van der Waals surface area contributed by atoms with Crippen LogP contribution in [0.25, 0.3) is 0 Å². The first-order valence-electron chi connectivity index (χ1n) is 8.06. The molecule has 0 fully saturated rings. The number of fused-ring (bicyclic) bond motifs is 1. The molecular weight excluding hydrogens is 420 g/mol. The predicted molar refractivity (Wildman–Crippen MR) is 93.3 cm³/mol. The van der Waals surface area contributed by atoms with Crippen molar-refractivity contribution in [2.75, 3.05) is 0 Å². The van der Waals surface area contributed by atoms with Crippen molar-refractivity contribution >= 4 is 41.8 Å². The predicted octanol–water partition coefficient (Wildman–Crippen LogP) is 1.09. The number of benzene rings is 2. The van der Waals surface area contributed by atoms with Crippen LogP contribution in [0.2, 0.25) is 0 Å². The molecule has 0 aliphatic carbocycles. The first-order valence-corrected chi connectivity index (χ1v) is 8.06. The molecule has 12 heteroatoms. The maximum Gasteiger partial charge on any atom is 0.346 e. The summed E-state index contributed by atoms with van der Waals surface area (Å²) >= 11 is 0. The Morgan fingerprint density at radius 2 is 1.13 bits per heavy atom. The Bertz CT molecular complexity index is 1240. The van der Waals surface area contributed by atoms with E-state index < -0.39 is 64.0 Å². The van der Waals surface area contributed by atoms with E-state index in [1.54, 1.807) is 0 Å². The van der Waals surface area contributed by atoms with Crippen LogP contribution in [0.5, 0.6) is 0 Å². The van der Waals surface area contributed by atoms with Crippen LogP contribution in [0.15, 0.2) is 30.3 Å². The summed E-state index contributed by atoms with van der Waals surface area (Å²) in [5.74, 6) is -10.2. The van der Waals surface area contributed by atoms with Crippen molar-refractivity contribution in [3.05, 3.63) is 69.3 Å². The number of esters is 4. The molecule has 2 aromatic carbocycles. The van der Waals surface area contributed by atoms with Crippen molar-refractivity contribution in [2.45, 2.75) is 0 Å². The number of cyclic esters (lactones) is 2. The average molecular weight is 428 g/mol. The Hall–Kier alpha value is -4.87. The zero-order valence-corrected chi connectivity index (χ0v) is 14.9. The Morgan fingerprint density at radius 3 is 1.68 bits per heavy atom. The van der Waals surface area contributed by atoms with E-state index in [0.29, 0.717) is 12.1 Å². The molecule has 0 aromatic heterocycles. The van der Waals surface area contributed by atoms with E-state index in [1.165, 1.54) is 0 Å². The molecule has 3 rings (SSSR count). The zero-order valence-electron chi connectivity index (χ0n) is 14.9. The molecule has 1 aliphatic rings. The molecule has 0 saturated carbocycles. The second kappa shape index (κ2) is 7.51. The lowest BCUT2D eigenvalue weighted by Crippen LogP contribution is -2.19. The summed E-state index contributed by atoms with van der Waals surface area (Å²) < 4.78 is 8.91. The first-order chi connectivity index (χ1) is 14.5. The fourth-order valence-corrected chi connectivity index (χ4v) is 2.71. The zero-order chi connectivity index (χ0) is 23.0. The minimum absolute atomic E-state index is 0.114. The van der Waals surface area contributed by atoms with Crippen LogP contribution in [0, 0.1) is 0 Å². The average Bonchev–Trinajstić information content (AvgIpc) is 2.99. The van der Waals surface area contributed by atoms with Crippen molar-refractivity contribution in [2.24, 2.45) is 0 Å². The highest BCUT2D eigenvalue weighted by atomic mass is 16.6. The second-order valence-electron chi connectivity index (χ2n) is 5.97. The number of aromatic carboxylic acids is 3. The van der Waals surface area contributed by atoms with E-state index in [1.807, 2.05) is 0 Å². The third kappa shape index (κ3) is 3.72. The monoisotopic (exact) mass is 428 g/mol. The molecule has 0 atom stereocenters. The number of hydrogen-bond acceptors (Lipinski definition) is 9. The maximum atomic E-state index is 12.4. The molecule has 3 N–H and O–H groups in total. The maximum absolute atomic E-state index is 12.4. The number of carboxylic acids is 3. The van der Waals surface area contributed by atoms with Crippen LogP contribution in [0.1, 0.15) is 72.5 Å². The van der Waals surface area contributed by atoms with E-state index in [4.69, 9.17) is 10.2 Å². The molecule has 0 bridgehead atoms. The summed E-state index contributed by atoms with van der Waals surface area (Å²) in [5, 5.41) is 27.5. The van der Waals surface area contributed by atoms with Crippen LogP contribution in [0.3, 0.4) is 0 Å². The van der Waals surface area contributed by atoms with Gasteiger partial charge >= 0.3 is 41.8 Å². The molecule has 0 unspecified atom stereocenters. The summed E-state index contributed by atoms with van der Waals surface area (Å²) in [6.45, 7) is 0. The molecule has 31 heavy (non-hydrogen) atoms. The molecule has 1 heterocycles. The molecule has 0 spiro atoms. The van der Waals surface area contributed by atoms with Gasteiger partial charge in [-0.15, -0.1) is 0 Å². The van der Waals surface area contributed by atoms with Gasteiger partial charge in [-0.3, -0.25) is 0 Å². The normalized spacial score (nSPS) is 12.0. The van der Waals surface area contributed by atoms with Crippen LogP contribution in [0.4, 0.5) is 0 Å². The number of ether oxygens (including phenoxy) is 2. The Labute approximate surface area is 170 Å². The Balaban J connectivity index is 1.98. The van der Waals surface area contributed by atoms with Crippen LogP contribution in [-0.4, -0.2) is 57.1 Å². The van der Waals surface area contributed by atoms with E-state index in [0.717, 1.165) is 18.2 Å². The van der Waals surface area contributed by atoms with Crippen LogP contribution in [-0.2, 0) is 9.47 Å². The summed E-state index contributed by atoms with van der Waals surface area (Å²) in [6, 6.07) is 3.96. The highest BCUT2D eigenvalue weighted by molar-refractivity contribution is 6.16. The number of carboxylic acid groups (broad SMARTS) is 3. The highest BCUT2D eigenvalue weighted by Gasteiger charge is 2.32. The van der Waals surface area contributed by atoms with E-state index in [9.17, 15) is 38.7 Å². The fourth-order valence-electron chi connectivity index (χ4n) is 2.71. The van der Waals surface area contributed by atoms with E-state index in [-0.39, 0.29) is 16.7 Å². The summed E-state index contributed by atoms with van der Waals surface area (Å²) in [7, 11) is 0. The van der Waals surface area contributed by atoms with Crippen molar-refractivity contribution in [1.82, 2.24) is 0 Å². The quantitative estimate of drug-likeness (QED) is 0.453. The molecular formula is C19H8O12. The minimum Gasteiger partial charge on any atom is -0.478 e. The Morgan fingerprint density at radius 1 is 0.645 bits per heavy atom. The minimum atomic E-state index is -1.78. The summed E-state index contributed by atoms with van der Waals surface area (Å²) in [6.07, 6.45) is 0. The molecule has 0 saturated heterocycles. The standard InChI is InChI=1S/C19H8O12/c20-13(21)8-4-10(15(24)25)12(5-9(8)14(22)23)19(29)30-16(26)6-1-2-7-11(3-6)18(28)31-17(7)27/h1-5H,(H,20,21)(H,22,23)(H,24,25). The van der Waals surface area contributed by atoms with Gasteiger partial charge in [-0.1, -0.05) is 0 Å². The smallest absolute Gasteiger partial charge is 0.346 e. The third-order valence-electron chi connectivity index (χ3n) is 4.13. The van der Waals surface area contributed by atoms with Crippen molar-refractivity contribution < 1.29 is 58.4 Å². The van der Waals surface area contributed by atoms with Gasteiger partial charge in [-0.25, -0.2) is 33.6 Å². The van der Waals surface area contributed by atoms with Crippen LogP contribution < -0.4 is 0 Å². The molecule has 2 aromatic rings. The van der Waals surface area contributed by atoms with Gasteiger partial charge in [0.05, 0.1) is 38.9 Å². The fraction of sp³-hybridized carbons (Fsp3) is 0. The van der Waals surface area contributed by atoms with Crippen molar-refractivity contribution in [1.29, 1.82) is 0 Å². The summed E-state index contributed by atoms with van der Waals surface area (Å²) in [5.41, 5.74) is -4.34. The summed E-state index contributed by atoms with van der Waals surface area (Å²) in [4.78, 5) is 81.5. The van der Waals surface area contributed by atoms with Gasteiger partial charge in [0.2, 0.25) is 0 Å². The lowest BCUT2D eigenvalue weighted by molar-refractivity contribution is 0.0388. The van der Waals surface area contributed by atoms with E-state index >= 15 is 0 Å². The number of carbonyl (C=O) groups is 7. The molecule has 156 valence electrons. The van der Waals surface area contributed by atoms with Gasteiger partial charge in [0.1, 0.15) is 0 Å². The molecule has 12 nitrogen and oxygen atoms in total. The largest absolute Gasteiger partial charge is 0.478 e. The van der Waals surface area contributed by atoms with Gasteiger partial charge in [0, 0.05) is 0 Å². The van der Waals surface area contributed by atoms with Gasteiger partial charge in [-0.05, 0) is 30.3 Å². The topological polar surface area (TPSA) is 199 Å². The molecule has 0 radical (unpaired) electrons. The van der Waals surface area contributed by atoms with Gasteiger partial charge in [0.25, 0.3) is 0 Å². The highest BCUT2D eigenvalue weighted by Crippen LogP contribution is 2.23. The molecule has 0 amide bonds. The lowest BCUT2D eigenvalue weighted by Gasteiger charge is -2.10. The van der Waals surface area contributed by atoms with Crippen molar-refractivity contribution in [3.63, 3.8) is 0 Å². The number of rotatable bonds is 5. The second-order valence-corrected chi connectivity index (χ2v) is 5.97. The molecule has 1 aliphatic heterocycles. The van der Waals surface area contributed by atoms with Gasteiger partial charge in [-0.2, -0.15) is 0 Å². The van der Waals surface area contributed by atoms with Gasteiger partial charge in [0.15, 0.2) is 0 Å².